The molecule has 2 unspecified atom stereocenters. The molecule has 0 bridgehead atoms. The van der Waals surface area contributed by atoms with Gasteiger partial charge in [-0.3, -0.25) is 4.79 Å². The van der Waals surface area contributed by atoms with Crippen molar-refractivity contribution in [1.82, 2.24) is 10.6 Å². The van der Waals surface area contributed by atoms with Crippen molar-refractivity contribution < 1.29 is 4.79 Å². The predicted molar refractivity (Wildman–Crippen MR) is 74.4 cm³/mol. The van der Waals surface area contributed by atoms with Gasteiger partial charge in [-0.1, -0.05) is 20.3 Å². The Morgan fingerprint density at radius 3 is 2.61 bits per heavy atom. The van der Waals surface area contributed by atoms with Crippen LogP contribution in [0.25, 0.3) is 0 Å². The lowest BCUT2D eigenvalue weighted by atomic mass is 9.86. The van der Waals surface area contributed by atoms with Crippen molar-refractivity contribution in [1.29, 1.82) is 0 Å². The van der Waals surface area contributed by atoms with Gasteiger partial charge in [-0.25, -0.2) is 0 Å². The molecule has 0 aromatic carbocycles. The summed E-state index contributed by atoms with van der Waals surface area (Å²) in [5.74, 6) is 1.82. The van der Waals surface area contributed by atoms with Crippen molar-refractivity contribution in [2.45, 2.75) is 70.9 Å². The van der Waals surface area contributed by atoms with Crippen LogP contribution in [0.4, 0.5) is 0 Å². The number of hydrogen-bond donors (Lipinski definition) is 2. The van der Waals surface area contributed by atoms with Crippen molar-refractivity contribution in [2.75, 3.05) is 6.54 Å². The highest BCUT2D eigenvalue weighted by Gasteiger charge is 2.28. The molecule has 3 nitrogen and oxygen atoms in total. The van der Waals surface area contributed by atoms with Gasteiger partial charge in [0.2, 0.25) is 5.91 Å². The van der Waals surface area contributed by atoms with Crippen LogP contribution < -0.4 is 10.6 Å². The van der Waals surface area contributed by atoms with E-state index in [4.69, 9.17) is 0 Å². The lowest BCUT2D eigenvalue weighted by molar-refractivity contribution is -0.125. The van der Waals surface area contributed by atoms with Crippen LogP contribution in [0.5, 0.6) is 0 Å². The van der Waals surface area contributed by atoms with E-state index in [1.165, 1.54) is 25.7 Å². The van der Waals surface area contributed by atoms with Gasteiger partial charge in [-0.2, -0.15) is 0 Å². The largest absolute Gasteiger partial charge is 0.352 e. The third kappa shape index (κ3) is 3.71. The third-order valence-corrected chi connectivity index (χ3v) is 4.77. The first-order chi connectivity index (χ1) is 8.69. The second kappa shape index (κ2) is 6.55. The Balaban J connectivity index is 1.77. The average Bonchev–Trinajstić information content (AvgIpc) is 2.41. The minimum Gasteiger partial charge on any atom is -0.352 e. The smallest absolute Gasteiger partial charge is 0.237 e. The molecule has 0 spiro atoms. The molecule has 1 aliphatic heterocycles. The monoisotopic (exact) mass is 252 g/mol. The number of carbonyl (C=O) groups excluding carboxylic acids is 1. The summed E-state index contributed by atoms with van der Waals surface area (Å²) in [6.07, 6.45) is 8.30. The van der Waals surface area contributed by atoms with E-state index in [-0.39, 0.29) is 11.9 Å². The maximum Gasteiger partial charge on any atom is 0.237 e. The van der Waals surface area contributed by atoms with Crippen molar-refractivity contribution in [2.24, 2.45) is 11.8 Å². The van der Waals surface area contributed by atoms with E-state index in [1.807, 2.05) is 0 Å². The first kappa shape index (κ1) is 13.9. The van der Waals surface area contributed by atoms with Crippen molar-refractivity contribution in [3.63, 3.8) is 0 Å². The summed E-state index contributed by atoms with van der Waals surface area (Å²) in [4.78, 5) is 12.2. The van der Waals surface area contributed by atoms with Gasteiger partial charge in [0.1, 0.15) is 0 Å². The fourth-order valence-electron chi connectivity index (χ4n) is 3.27. The van der Waals surface area contributed by atoms with Gasteiger partial charge < -0.3 is 10.6 Å². The van der Waals surface area contributed by atoms with Crippen LogP contribution in [-0.4, -0.2) is 24.5 Å². The molecule has 1 saturated heterocycles. The minimum atomic E-state index is 0.0584. The molecule has 104 valence electrons. The van der Waals surface area contributed by atoms with E-state index in [2.05, 4.69) is 24.5 Å². The topological polar surface area (TPSA) is 41.1 Å². The molecule has 2 rings (SSSR count). The molecular weight excluding hydrogens is 224 g/mol. The van der Waals surface area contributed by atoms with Gasteiger partial charge in [0.05, 0.1) is 6.04 Å². The Bertz CT molecular complexity index is 272. The lowest BCUT2D eigenvalue weighted by Crippen LogP contribution is -2.51. The van der Waals surface area contributed by atoms with E-state index in [1.54, 1.807) is 0 Å². The summed E-state index contributed by atoms with van der Waals surface area (Å²) in [7, 11) is 0. The van der Waals surface area contributed by atoms with Crippen LogP contribution in [0.2, 0.25) is 0 Å². The molecule has 2 atom stereocenters. The Kier molecular flexibility index (Phi) is 5.04. The summed E-state index contributed by atoms with van der Waals surface area (Å²) in [6.45, 7) is 5.54. The second-order valence-electron chi connectivity index (χ2n) is 6.27. The van der Waals surface area contributed by atoms with E-state index in [0.29, 0.717) is 6.04 Å². The van der Waals surface area contributed by atoms with E-state index >= 15 is 0 Å². The Morgan fingerprint density at radius 2 is 1.94 bits per heavy atom. The van der Waals surface area contributed by atoms with Crippen LogP contribution in [-0.2, 0) is 4.79 Å². The zero-order chi connectivity index (χ0) is 13.0. The van der Waals surface area contributed by atoms with Gasteiger partial charge in [0.15, 0.2) is 0 Å². The molecule has 2 aliphatic rings. The van der Waals surface area contributed by atoms with E-state index in [0.717, 1.165) is 37.6 Å². The van der Waals surface area contributed by atoms with Crippen LogP contribution in [0.1, 0.15) is 58.8 Å². The molecule has 1 aliphatic carbocycles. The Labute approximate surface area is 111 Å². The van der Waals surface area contributed by atoms with Gasteiger partial charge in [-0.15, -0.1) is 0 Å². The number of carbonyl (C=O) groups is 1. The highest BCUT2D eigenvalue weighted by atomic mass is 16.2. The fraction of sp³-hybridized carbons (Fsp3) is 0.933. The molecule has 18 heavy (non-hydrogen) atoms. The van der Waals surface area contributed by atoms with Gasteiger partial charge in [0, 0.05) is 6.04 Å². The van der Waals surface area contributed by atoms with Crippen LogP contribution >= 0.6 is 0 Å². The number of nitrogens with one attached hydrogen (secondary N) is 2. The summed E-state index contributed by atoms with van der Waals surface area (Å²) in [5, 5.41) is 6.62. The quantitative estimate of drug-likeness (QED) is 0.810. The summed E-state index contributed by atoms with van der Waals surface area (Å²) in [5.41, 5.74) is 0. The first-order valence-electron chi connectivity index (χ1n) is 7.72. The zero-order valence-corrected chi connectivity index (χ0v) is 11.9. The third-order valence-electron chi connectivity index (χ3n) is 4.77. The van der Waals surface area contributed by atoms with Crippen molar-refractivity contribution >= 4 is 5.91 Å². The number of piperidine rings is 1. The normalized spacial score (nSPS) is 37.2. The maximum absolute atomic E-state index is 12.2. The minimum absolute atomic E-state index is 0.0584. The standard InChI is InChI=1S/C15H28N2O/c1-3-12-8-9-16-14(10-12)15(18)17-13-6-4-11(2)5-7-13/h11-14,16H,3-10H2,1-2H3,(H,17,18). The number of amides is 1. The van der Waals surface area contributed by atoms with E-state index in [9.17, 15) is 4.79 Å². The highest BCUT2D eigenvalue weighted by Crippen LogP contribution is 2.24. The fourth-order valence-corrected chi connectivity index (χ4v) is 3.27. The molecule has 1 saturated carbocycles. The molecule has 0 radical (unpaired) electrons. The lowest BCUT2D eigenvalue weighted by Gasteiger charge is -2.32. The SMILES string of the molecule is CCC1CCNC(C(=O)NC2CCC(C)CC2)C1. The summed E-state index contributed by atoms with van der Waals surface area (Å²) >= 11 is 0. The molecular formula is C15H28N2O. The molecule has 2 fully saturated rings. The molecule has 0 aromatic rings. The predicted octanol–water partition coefficient (Wildman–Crippen LogP) is 2.46. The van der Waals surface area contributed by atoms with E-state index < -0.39 is 0 Å². The first-order valence-corrected chi connectivity index (χ1v) is 7.72. The Morgan fingerprint density at radius 1 is 1.22 bits per heavy atom. The Hall–Kier alpha value is -0.570. The molecule has 1 heterocycles. The van der Waals surface area contributed by atoms with Crippen molar-refractivity contribution in [3.05, 3.63) is 0 Å². The van der Waals surface area contributed by atoms with Gasteiger partial charge in [-0.05, 0) is 56.9 Å². The summed E-state index contributed by atoms with van der Waals surface area (Å²) in [6, 6.07) is 0.487. The molecule has 2 N–H and O–H groups in total. The zero-order valence-electron chi connectivity index (χ0n) is 11.9. The number of hydrogen-bond acceptors (Lipinski definition) is 2. The van der Waals surface area contributed by atoms with Crippen LogP contribution in [0, 0.1) is 11.8 Å². The van der Waals surface area contributed by atoms with Crippen LogP contribution in [0.15, 0.2) is 0 Å². The number of rotatable bonds is 3. The summed E-state index contributed by atoms with van der Waals surface area (Å²) < 4.78 is 0. The average molecular weight is 252 g/mol. The van der Waals surface area contributed by atoms with Crippen molar-refractivity contribution in [3.8, 4) is 0 Å². The molecule has 1 amide bonds. The molecule has 0 aromatic heterocycles. The van der Waals surface area contributed by atoms with Gasteiger partial charge >= 0.3 is 0 Å². The highest BCUT2D eigenvalue weighted by molar-refractivity contribution is 5.82. The maximum atomic E-state index is 12.2. The second-order valence-corrected chi connectivity index (χ2v) is 6.27. The van der Waals surface area contributed by atoms with Crippen LogP contribution in [0.3, 0.4) is 0 Å². The van der Waals surface area contributed by atoms with Gasteiger partial charge in [0.25, 0.3) is 0 Å². The molecule has 3 heteroatoms.